The number of halogens is 1. The van der Waals surface area contributed by atoms with Crippen molar-refractivity contribution in [2.24, 2.45) is 5.41 Å². The van der Waals surface area contributed by atoms with Crippen molar-refractivity contribution in [2.45, 2.75) is 38.2 Å². The van der Waals surface area contributed by atoms with Gasteiger partial charge in [-0.2, -0.15) is 0 Å². The fourth-order valence-corrected chi connectivity index (χ4v) is 4.99. The third-order valence-electron chi connectivity index (χ3n) is 6.34. The van der Waals surface area contributed by atoms with Crippen molar-refractivity contribution in [3.8, 4) is 5.75 Å². The van der Waals surface area contributed by atoms with E-state index < -0.39 is 5.97 Å². The lowest BCUT2D eigenvalue weighted by Gasteiger charge is -2.47. The van der Waals surface area contributed by atoms with Crippen LogP contribution in [0.4, 0.5) is 4.39 Å². The Morgan fingerprint density at radius 3 is 2.71 bits per heavy atom. The molecule has 1 heterocycles. The Hall–Kier alpha value is -2.40. The average molecular weight is 381 g/mol. The molecule has 1 aliphatic heterocycles. The molecule has 28 heavy (non-hydrogen) atoms. The molecule has 146 valence electrons. The average Bonchev–Trinajstić information content (AvgIpc) is 3.39. The lowest BCUT2D eigenvalue weighted by Crippen LogP contribution is -2.58. The quantitative estimate of drug-likeness (QED) is 0.828. The van der Waals surface area contributed by atoms with E-state index in [-0.39, 0.29) is 24.4 Å². The molecule has 0 aromatic heterocycles. The lowest BCUT2D eigenvalue weighted by atomic mass is 9.77. The van der Waals surface area contributed by atoms with Crippen LogP contribution in [0.15, 0.2) is 36.4 Å². The minimum absolute atomic E-state index is 0.123. The molecule has 2 aromatic carbocycles. The van der Waals surface area contributed by atoms with Crippen LogP contribution < -0.4 is 4.74 Å². The number of hydrogen-bond donors (Lipinski definition) is 1. The van der Waals surface area contributed by atoms with E-state index in [9.17, 15) is 9.18 Å². The third-order valence-corrected chi connectivity index (χ3v) is 6.34. The van der Waals surface area contributed by atoms with Crippen LogP contribution >= 0.6 is 0 Å². The normalized spacial score (nSPS) is 20.0. The van der Waals surface area contributed by atoms with Crippen LogP contribution in [0.25, 0.3) is 0 Å². The molecule has 0 unspecified atom stereocenters. The molecular weight excluding hydrogens is 357 g/mol. The highest BCUT2D eigenvalue weighted by Crippen LogP contribution is 2.45. The molecule has 1 N–H and O–H groups in total. The standard InChI is InChI=1S/C23H24FNO3/c24-21-3-1-2-19(15-4-5-15)20(21)12-28-18-7-6-16-9-23(10-17(16)8-18)13-25(14-23)11-22(26)27/h1-3,6-8,15H,4-5,9-14H2,(H,26,27). The summed E-state index contributed by atoms with van der Waals surface area (Å²) in [7, 11) is 0. The van der Waals surface area contributed by atoms with E-state index in [0.717, 1.165) is 50.1 Å². The highest BCUT2D eigenvalue weighted by atomic mass is 19.1. The first-order valence-electron chi connectivity index (χ1n) is 9.97. The van der Waals surface area contributed by atoms with Crippen molar-refractivity contribution in [3.63, 3.8) is 0 Å². The Morgan fingerprint density at radius 1 is 1.18 bits per heavy atom. The zero-order chi connectivity index (χ0) is 19.3. The second-order valence-electron chi connectivity index (χ2n) is 8.69. The number of carbonyl (C=O) groups is 1. The smallest absolute Gasteiger partial charge is 0.317 e. The first kappa shape index (κ1) is 17.7. The summed E-state index contributed by atoms with van der Waals surface area (Å²) in [5, 5.41) is 8.94. The SMILES string of the molecule is O=C(O)CN1CC2(Cc3ccc(OCc4c(F)cccc4C4CC4)cc3C2)C1. The molecule has 3 aliphatic rings. The molecule has 2 fully saturated rings. The Bertz CT molecular complexity index is 931. The first-order chi connectivity index (χ1) is 13.5. The van der Waals surface area contributed by atoms with Crippen LogP contribution in [-0.4, -0.2) is 35.6 Å². The number of carboxylic acids is 1. The molecule has 0 bridgehead atoms. The number of aliphatic carboxylic acids is 1. The topological polar surface area (TPSA) is 49.8 Å². The van der Waals surface area contributed by atoms with E-state index in [1.54, 1.807) is 6.07 Å². The third kappa shape index (κ3) is 3.28. The van der Waals surface area contributed by atoms with Crippen LogP contribution in [0, 0.1) is 11.2 Å². The maximum Gasteiger partial charge on any atom is 0.317 e. The molecule has 4 nitrogen and oxygen atoms in total. The van der Waals surface area contributed by atoms with E-state index in [1.807, 2.05) is 17.0 Å². The lowest BCUT2D eigenvalue weighted by molar-refractivity contribution is -0.141. The number of hydrogen-bond acceptors (Lipinski definition) is 3. The van der Waals surface area contributed by atoms with E-state index in [4.69, 9.17) is 9.84 Å². The Kier molecular flexibility index (Phi) is 4.16. The Morgan fingerprint density at radius 2 is 1.96 bits per heavy atom. The van der Waals surface area contributed by atoms with Crippen LogP contribution in [0.1, 0.15) is 41.0 Å². The molecule has 0 amide bonds. The molecule has 2 aromatic rings. The van der Waals surface area contributed by atoms with Crippen LogP contribution in [0.3, 0.4) is 0 Å². The van der Waals surface area contributed by atoms with Gasteiger partial charge in [-0.25, -0.2) is 4.39 Å². The molecule has 5 heteroatoms. The van der Waals surface area contributed by atoms with Gasteiger partial charge in [0.1, 0.15) is 18.2 Å². The van der Waals surface area contributed by atoms with Crippen LogP contribution in [-0.2, 0) is 24.2 Å². The zero-order valence-corrected chi connectivity index (χ0v) is 15.8. The molecule has 1 spiro atoms. The summed E-state index contributed by atoms with van der Waals surface area (Å²) < 4.78 is 20.3. The highest BCUT2D eigenvalue weighted by Gasteiger charge is 2.47. The van der Waals surface area contributed by atoms with Gasteiger partial charge in [0.15, 0.2) is 0 Å². The maximum atomic E-state index is 14.3. The number of rotatable bonds is 6. The predicted octanol–water partition coefficient (Wildman–Crippen LogP) is 3.77. The fourth-order valence-electron chi connectivity index (χ4n) is 4.99. The van der Waals surface area contributed by atoms with Crippen molar-refractivity contribution < 1.29 is 19.0 Å². The van der Waals surface area contributed by atoms with Gasteiger partial charge in [0, 0.05) is 24.1 Å². The molecule has 0 atom stereocenters. The summed E-state index contributed by atoms with van der Waals surface area (Å²) in [5.74, 6) is 0.321. The van der Waals surface area contributed by atoms with Crippen LogP contribution in [0.2, 0.25) is 0 Å². The number of fused-ring (bicyclic) bond motifs is 1. The van der Waals surface area contributed by atoms with Gasteiger partial charge in [0.25, 0.3) is 0 Å². The summed E-state index contributed by atoms with van der Waals surface area (Å²) in [6, 6.07) is 11.5. The molecule has 1 saturated heterocycles. The molecular formula is C23H24FNO3. The second-order valence-corrected chi connectivity index (χ2v) is 8.69. The second kappa shape index (κ2) is 6.59. The van der Waals surface area contributed by atoms with Crippen molar-refractivity contribution in [1.29, 1.82) is 0 Å². The number of benzene rings is 2. The fraction of sp³-hybridized carbons (Fsp3) is 0.435. The number of carboxylic acid groups (broad SMARTS) is 1. The van der Waals surface area contributed by atoms with E-state index in [1.165, 1.54) is 17.2 Å². The molecule has 2 aliphatic carbocycles. The zero-order valence-electron chi connectivity index (χ0n) is 15.8. The van der Waals surface area contributed by atoms with Gasteiger partial charge in [0.05, 0.1) is 6.54 Å². The van der Waals surface area contributed by atoms with Gasteiger partial charge in [-0.05, 0) is 66.5 Å². The summed E-state index contributed by atoms with van der Waals surface area (Å²) in [6.45, 7) is 2.06. The van der Waals surface area contributed by atoms with Gasteiger partial charge in [-0.3, -0.25) is 9.69 Å². The Balaban J connectivity index is 1.26. The van der Waals surface area contributed by atoms with Gasteiger partial charge < -0.3 is 9.84 Å². The van der Waals surface area contributed by atoms with E-state index >= 15 is 0 Å². The van der Waals surface area contributed by atoms with Gasteiger partial charge >= 0.3 is 5.97 Å². The first-order valence-corrected chi connectivity index (χ1v) is 9.97. The van der Waals surface area contributed by atoms with Crippen LogP contribution in [0.5, 0.6) is 5.75 Å². The van der Waals surface area contributed by atoms with Gasteiger partial charge in [-0.1, -0.05) is 18.2 Å². The molecule has 5 rings (SSSR count). The van der Waals surface area contributed by atoms with Crippen molar-refractivity contribution >= 4 is 5.97 Å². The largest absolute Gasteiger partial charge is 0.489 e. The minimum atomic E-state index is -0.764. The van der Waals surface area contributed by atoms with Crippen molar-refractivity contribution in [1.82, 2.24) is 4.90 Å². The summed E-state index contributed by atoms with van der Waals surface area (Å²) >= 11 is 0. The summed E-state index contributed by atoms with van der Waals surface area (Å²) in [6.07, 6.45) is 4.23. The maximum absolute atomic E-state index is 14.3. The van der Waals surface area contributed by atoms with Gasteiger partial charge in [0.2, 0.25) is 0 Å². The monoisotopic (exact) mass is 381 g/mol. The summed E-state index contributed by atoms with van der Waals surface area (Å²) in [4.78, 5) is 12.9. The molecule has 0 radical (unpaired) electrons. The predicted molar refractivity (Wildman–Crippen MR) is 103 cm³/mol. The van der Waals surface area contributed by atoms with E-state index in [0.29, 0.717) is 11.5 Å². The number of nitrogens with zero attached hydrogens (tertiary/aromatic N) is 1. The van der Waals surface area contributed by atoms with E-state index in [2.05, 4.69) is 12.1 Å². The molecule has 1 saturated carbocycles. The van der Waals surface area contributed by atoms with Crippen molar-refractivity contribution in [3.05, 3.63) is 64.5 Å². The number of ether oxygens (including phenoxy) is 1. The van der Waals surface area contributed by atoms with Gasteiger partial charge in [-0.15, -0.1) is 0 Å². The Labute approximate surface area is 163 Å². The summed E-state index contributed by atoms with van der Waals surface area (Å²) in [5.41, 5.74) is 4.56. The minimum Gasteiger partial charge on any atom is -0.489 e. The number of likely N-dealkylation sites (tertiary alicyclic amines) is 1. The van der Waals surface area contributed by atoms with Crippen molar-refractivity contribution in [2.75, 3.05) is 19.6 Å². The highest BCUT2D eigenvalue weighted by molar-refractivity contribution is 5.69.